The Labute approximate surface area is 124 Å². The normalized spacial score (nSPS) is 27.6. The SMILES string of the molecule is CCSCCCN1CC(C2CC2)NCC1(CC)CC. The van der Waals surface area contributed by atoms with Crippen molar-refractivity contribution in [3.05, 3.63) is 0 Å². The Morgan fingerprint density at radius 2 is 1.95 bits per heavy atom. The van der Waals surface area contributed by atoms with Crippen LogP contribution in [0.1, 0.15) is 52.9 Å². The molecule has 0 aromatic heterocycles. The molecule has 0 bridgehead atoms. The number of rotatable bonds is 8. The summed E-state index contributed by atoms with van der Waals surface area (Å²) in [6.07, 6.45) is 6.85. The Balaban J connectivity index is 1.89. The quantitative estimate of drug-likeness (QED) is 0.688. The lowest BCUT2D eigenvalue weighted by Crippen LogP contribution is -2.64. The van der Waals surface area contributed by atoms with Gasteiger partial charge in [-0.1, -0.05) is 20.8 Å². The van der Waals surface area contributed by atoms with Crippen LogP contribution in [0.4, 0.5) is 0 Å². The van der Waals surface area contributed by atoms with Crippen LogP contribution in [0.2, 0.25) is 0 Å². The van der Waals surface area contributed by atoms with Gasteiger partial charge in [-0.25, -0.2) is 0 Å². The standard InChI is InChI=1S/C16H32N2S/c1-4-16(5-2)13-17-15(14-8-9-14)12-18(16)10-7-11-19-6-3/h14-15,17H,4-13H2,1-3H3. The number of nitrogens with zero attached hydrogens (tertiary/aromatic N) is 1. The lowest BCUT2D eigenvalue weighted by molar-refractivity contribution is 0.0276. The van der Waals surface area contributed by atoms with Gasteiger partial charge in [0.2, 0.25) is 0 Å². The number of hydrogen-bond donors (Lipinski definition) is 1. The van der Waals surface area contributed by atoms with Crippen molar-refractivity contribution in [3.63, 3.8) is 0 Å². The van der Waals surface area contributed by atoms with Crippen LogP contribution >= 0.6 is 11.8 Å². The van der Waals surface area contributed by atoms with E-state index in [1.807, 2.05) is 0 Å². The monoisotopic (exact) mass is 284 g/mol. The molecule has 3 heteroatoms. The van der Waals surface area contributed by atoms with Gasteiger partial charge in [0.25, 0.3) is 0 Å². The zero-order chi connectivity index (χ0) is 13.7. The lowest BCUT2D eigenvalue weighted by atomic mass is 9.86. The second kappa shape index (κ2) is 7.33. The minimum atomic E-state index is 0.433. The zero-order valence-electron chi connectivity index (χ0n) is 13.1. The Morgan fingerprint density at radius 1 is 1.21 bits per heavy atom. The van der Waals surface area contributed by atoms with E-state index in [4.69, 9.17) is 0 Å². The van der Waals surface area contributed by atoms with Crippen LogP contribution in [0.15, 0.2) is 0 Å². The highest BCUT2D eigenvalue weighted by Crippen LogP contribution is 2.37. The van der Waals surface area contributed by atoms with Crippen LogP contribution in [0.25, 0.3) is 0 Å². The van der Waals surface area contributed by atoms with Crippen molar-refractivity contribution in [2.75, 3.05) is 31.1 Å². The molecule has 2 aliphatic rings. The Hall–Kier alpha value is 0.270. The number of piperazine rings is 1. The fourth-order valence-electron chi connectivity index (χ4n) is 3.52. The van der Waals surface area contributed by atoms with Crippen LogP contribution < -0.4 is 5.32 Å². The molecule has 0 spiro atoms. The molecule has 0 amide bonds. The van der Waals surface area contributed by atoms with Gasteiger partial charge in [0.05, 0.1) is 0 Å². The van der Waals surface area contributed by atoms with Gasteiger partial charge in [0.1, 0.15) is 0 Å². The second-order valence-electron chi connectivity index (χ2n) is 6.25. The highest BCUT2D eigenvalue weighted by molar-refractivity contribution is 7.99. The van der Waals surface area contributed by atoms with E-state index in [0.29, 0.717) is 5.54 Å². The van der Waals surface area contributed by atoms with Crippen LogP contribution in [0, 0.1) is 5.92 Å². The van der Waals surface area contributed by atoms with E-state index in [0.717, 1.165) is 12.0 Å². The molecule has 0 aromatic carbocycles. The largest absolute Gasteiger partial charge is 0.311 e. The zero-order valence-corrected chi connectivity index (χ0v) is 13.9. The third kappa shape index (κ3) is 3.89. The molecule has 2 rings (SSSR count). The summed E-state index contributed by atoms with van der Waals surface area (Å²) in [7, 11) is 0. The van der Waals surface area contributed by atoms with Crippen molar-refractivity contribution in [3.8, 4) is 0 Å². The summed E-state index contributed by atoms with van der Waals surface area (Å²) in [6, 6.07) is 0.782. The van der Waals surface area contributed by atoms with Crippen molar-refractivity contribution in [2.24, 2.45) is 5.92 Å². The molecule has 19 heavy (non-hydrogen) atoms. The Bertz CT molecular complexity index is 261. The average molecular weight is 285 g/mol. The summed E-state index contributed by atoms with van der Waals surface area (Å²) in [5.41, 5.74) is 0.433. The highest BCUT2D eigenvalue weighted by Gasteiger charge is 2.42. The van der Waals surface area contributed by atoms with E-state index in [2.05, 4.69) is 42.7 Å². The smallest absolute Gasteiger partial charge is 0.0329 e. The molecule has 2 nitrogen and oxygen atoms in total. The first kappa shape index (κ1) is 15.7. The van der Waals surface area contributed by atoms with E-state index in [1.165, 1.54) is 63.2 Å². The fraction of sp³-hybridized carbons (Fsp3) is 1.00. The van der Waals surface area contributed by atoms with Gasteiger partial charge in [-0.05, 0) is 56.1 Å². The predicted octanol–water partition coefficient (Wildman–Crippen LogP) is 3.37. The molecular formula is C16H32N2S. The molecule has 1 aliphatic heterocycles. The topological polar surface area (TPSA) is 15.3 Å². The summed E-state index contributed by atoms with van der Waals surface area (Å²) >= 11 is 2.09. The third-order valence-electron chi connectivity index (χ3n) is 5.21. The summed E-state index contributed by atoms with van der Waals surface area (Å²) in [4.78, 5) is 2.84. The van der Waals surface area contributed by atoms with E-state index in [1.54, 1.807) is 0 Å². The summed E-state index contributed by atoms with van der Waals surface area (Å²) in [5, 5.41) is 3.86. The van der Waals surface area contributed by atoms with Crippen molar-refractivity contribution >= 4 is 11.8 Å². The van der Waals surface area contributed by atoms with Crippen molar-refractivity contribution in [1.29, 1.82) is 0 Å². The first-order valence-corrected chi connectivity index (χ1v) is 9.47. The maximum atomic E-state index is 3.86. The fourth-order valence-corrected chi connectivity index (χ4v) is 4.14. The first-order chi connectivity index (χ1) is 9.25. The maximum absolute atomic E-state index is 3.86. The molecule has 0 aromatic rings. The predicted molar refractivity (Wildman–Crippen MR) is 87.0 cm³/mol. The van der Waals surface area contributed by atoms with Gasteiger partial charge in [-0.15, -0.1) is 0 Å². The van der Waals surface area contributed by atoms with Gasteiger partial charge >= 0.3 is 0 Å². The lowest BCUT2D eigenvalue weighted by Gasteiger charge is -2.50. The van der Waals surface area contributed by atoms with Gasteiger partial charge in [0.15, 0.2) is 0 Å². The van der Waals surface area contributed by atoms with Gasteiger partial charge in [0, 0.05) is 24.7 Å². The number of thioether (sulfide) groups is 1. The second-order valence-corrected chi connectivity index (χ2v) is 7.65. The highest BCUT2D eigenvalue weighted by atomic mass is 32.2. The molecule has 1 aliphatic carbocycles. The van der Waals surface area contributed by atoms with Gasteiger partial charge in [-0.3, -0.25) is 4.90 Å². The van der Waals surface area contributed by atoms with Crippen molar-refractivity contribution in [2.45, 2.75) is 64.5 Å². The van der Waals surface area contributed by atoms with Gasteiger partial charge in [-0.2, -0.15) is 11.8 Å². The minimum absolute atomic E-state index is 0.433. The molecule has 1 unspecified atom stereocenters. The number of hydrogen-bond acceptors (Lipinski definition) is 3. The third-order valence-corrected chi connectivity index (χ3v) is 6.19. The number of nitrogens with one attached hydrogen (secondary N) is 1. The molecular weight excluding hydrogens is 252 g/mol. The average Bonchev–Trinajstić information content (AvgIpc) is 3.28. The van der Waals surface area contributed by atoms with Crippen LogP contribution in [-0.2, 0) is 0 Å². The molecule has 1 heterocycles. The van der Waals surface area contributed by atoms with Gasteiger partial charge < -0.3 is 5.32 Å². The Kier molecular flexibility index (Phi) is 6.04. The van der Waals surface area contributed by atoms with E-state index < -0.39 is 0 Å². The summed E-state index contributed by atoms with van der Waals surface area (Å²) in [6.45, 7) is 10.8. The van der Waals surface area contributed by atoms with E-state index in [9.17, 15) is 0 Å². The minimum Gasteiger partial charge on any atom is -0.311 e. The molecule has 2 fully saturated rings. The summed E-state index contributed by atoms with van der Waals surface area (Å²) in [5.74, 6) is 3.58. The van der Waals surface area contributed by atoms with Crippen LogP contribution in [-0.4, -0.2) is 47.6 Å². The Morgan fingerprint density at radius 3 is 2.53 bits per heavy atom. The van der Waals surface area contributed by atoms with Crippen LogP contribution in [0.5, 0.6) is 0 Å². The molecule has 0 radical (unpaired) electrons. The van der Waals surface area contributed by atoms with Crippen LogP contribution in [0.3, 0.4) is 0 Å². The molecule has 112 valence electrons. The first-order valence-electron chi connectivity index (χ1n) is 8.32. The molecule has 1 N–H and O–H groups in total. The van der Waals surface area contributed by atoms with E-state index >= 15 is 0 Å². The molecule has 1 saturated carbocycles. The van der Waals surface area contributed by atoms with Crippen molar-refractivity contribution < 1.29 is 0 Å². The molecule has 1 atom stereocenters. The summed E-state index contributed by atoms with van der Waals surface area (Å²) < 4.78 is 0. The van der Waals surface area contributed by atoms with E-state index in [-0.39, 0.29) is 0 Å². The van der Waals surface area contributed by atoms with Crippen molar-refractivity contribution in [1.82, 2.24) is 10.2 Å². The maximum Gasteiger partial charge on any atom is 0.0329 e. The molecule has 1 saturated heterocycles.